The maximum atomic E-state index is 13.4. The number of likely N-dealkylation sites (tertiary alicyclic amines) is 1. The highest BCUT2D eigenvalue weighted by Crippen LogP contribution is 2.37. The Bertz CT molecular complexity index is 1030. The van der Waals surface area contributed by atoms with Crippen LogP contribution < -0.4 is 4.90 Å². The summed E-state index contributed by atoms with van der Waals surface area (Å²) < 4.78 is 0.884. The largest absolute Gasteiger partial charge is 0.327 e. The Morgan fingerprint density at radius 2 is 1.61 bits per heavy atom. The van der Waals surface area contributed by atoms with Crippen LogP contribution in [0.2, 0.25) is 0 Å². The molecule has 2 heterocycles. The summed E-state index contributed by atoms with van der Waals surface area (Å²) in [5.74, 6) is -0.442. The number of carbonyl (C=O) groups is 3. The van der Waals surface area contributed by atoms with Crippen LogP contribution in [0.4, 0.5) is 5.69 Å². The third-order valence-corrected chi connectivity index (χ3v) is 7.45. The average Bonchev–Trinajstić information content (AvgIpc) is 3.63. The molecule has 172 valence electrons. The van der Waals surface area contributed by atoms with Crippen molar-refractivity contribution in [3.8, 4) is 0 Å². The molecule has 0 aromatic heterocycles. The van der Waals surface area contributed by atoms with E-state index in [0.29, 0.717) is 5.69 Å². The summed E-state index contributed by atoms with van der Waals surface area (Å²) in [6.07, 6.45) is 3.47. The van der Waals surface area contributed by atoms with Crippen molar-refractivity contribution in [1.82, 2.24) is 9.80 Å². The molecule has 3 fully saturated rings. The average molecular weight is 510 g/mol. The number of halogens is 1. The molecule has 0 spiro atoms. The van der Waals surface area contributed by atoms with Crippen molar-refractivity contribution in [2.75, 3.05) is 18.0 Å². The molecular formula is C26H28BrN3O3. The molecule has 2 saturated heterocycles. The van der Waals surface area contributed by atoms with Gasteiger partial charge in [0.1, 0.15) is 6.04 Å². The third kappa shape index (κ3) is 4.75. The maximum absolute atomic E-state index is 13.4. The molecule has 3 aliphatic rings. The predicted octanol–water partition coefficient (Wildman–Crippen LogP) is 3.98. The number of nitrogens with zero attached hydrogens (tertiary/aromatic N) is 3. The van der Waals surface area contributed by atoms with E-state index in [-0.39, 0.29) is 36.1 Å². The molecule has 7 heteroatoms. The SMILES string of the molecule is O=C1CC(N(C(=O)C2CC2)C2CCN(Cc3ccccc3)CC2)C(=O)N1c1ccc(Br)cc1. The van der Waals surface area contributed by atoms with Crippen LogP contribution in [0.3, 0.4) is 0 Å². The lowest BCUT2D eigenvalue weighted by molar-refractivity contribution is -0.143. The lowest BCUT2D eigenvalue weighted by Gasteiger charge is -2.41. The number of hydrogen-bond acceptors (Lipinski definition) is 4. The van der Waals surface area contributed by atoms with Gasteiger partial charge >= 0.3 is 0 Å². The van der Waals surface area contributed by atoms with Gasteiger partial charge in [0, 0.05) is 36.1 Å². The van der Waals surface area contributed by atoms with E-state index in [0.717, 1.165) is 49.8 Å². The maximum Gasteiger partial charge on any atom is 0.257 e. The summed E-state index contributed by atoms with van der Waals surface area (Å²) in [7, 11) is 0. The Hall–Kier alpha value is -2.51. The molecule has 2 aliphatic heterocycles. The molecule has 2 aromatic carbocycles. The number of piperidine rings is 1. The fraction of sp³-hybridized carbons (Fsp3) is 0.423. The van der Waals surface area contributed by atoms with Crippen LogP contribution in [0.1, 0.15) is 37.7 Å². The summed E-state index contributed by atoms with van der Waals surface area (Å²) in [6.45, 7) is 2.64. The minimum Gasteiger partial charge on any atom is -0.327 e. The Labute approximate surface area is 202 Å². The molecule has 33 heavy (non-hydrogen) atoms. The topological polar surface area (TPSA) is 60.9 Å². The third-order valence-electron chi connectivity index (χ3n) is 6.92. The quantitative estimate of drug-likeness (QED) is 0.552. The van der Waals surface area contributed by atoms with Gasteiger partial charge in [-0.2, -0.15) is 0 Å². The minimum absolute atomic E-state index is 0.00302. The molecular weight excluding hydrogens is 482 g/mol. The van der Waals surface area contributed by atoms with Crippen molar-refractivity contribution in [2.45, 2.75) is 50.7 Å². The second-order valence-electron chi connectivity index (χ2n) is 9.28. The van der Waals surface area contributed by atoms with Gasteiger partial charge in [-0.3, -0.25) is 19.3 Å². The first-order valence-corrected chi connectivity index (χ1v) is 12.5. The zero-order chi connectivity index (χ0) is 22.9. The van der Waals surface area contributed by atoms with E-state index in [2.05, 4.69) is 45.1 Å². The number of anilines is 1. The number of amides is 3. The molecule has 1 atom stereocenters. The highest BCUT2D eigenvalue weighted by Gasteiger charge is 2.49. The van der Waals surface area contributed by atoms with Crippen LogP contribution in [-0.2, 0) is 20.9 Å². The molecule has 1 saturated carbocycles. The molecule has 5 rings (SSSR count). The summed E-state index contributed by atoms with van der Waals surface area (Å²) in [4.78, 5) is 45.1. The predicted molar refractivity (Wildman–Crippen MR) is 129 cm³/mol. The van der Waals surface area contributed by atoms with Gasteiger partial charge < -0.3 is 4.90 Å². The zero-order valence-electron chi connectivity index (χ0n) is 18.5. The molecule has 2 aromatic rings. The van der Waals surface area contributed by atoms with Gasteiger partial charge in [-0.1, -0.05) is 46.3 Å². The van der Waals surface area contributed by atoms with Crippen LogP contribution in [0.15, 0.2) is 59.1 Å². The first-order chi connectivity index (χ1) is 16.0. The number of benzene rings is 2. The van der Waals surface area contributed by atoms with Crippen LogP contribution in [0, 0.1) is 5.92 Å². The second-order valence-corrected chi connectivity index (χ2v) is 10.2. The van der Waals surface area contributed by atoms with E-state index in [1.807, 2.05) is 18.2 Å². The van der Waals surface area contributed by atoms with E-state index < -0.39 is 6.04 Å². The smallest absolute Gasteiger partial charge is 0.257 e. The van der Waals surface area contributed by atoms with Crippen LogP contribution in [0.25, 0.3) is 0 Å². The Morgan fingerprint density at radius 1 is 0.939 bits per heavy atom. The Morgan fingerprint density at radius 3 is 2.24 bits per heavy atom. The van der Waals surface area contributed by atoms with E-state index in [1.54, 1.807) is 17.0 Å². The molecule has 0 radical (unpaired) electrons. The molecule has 6 nitrogen and oxygen atoms in total. The molecule has 0 bridgehead atoms. The van der Waals surface area contributed by atoms with E-state index in [4.69, 9.17) is 0 Å². The number of carbonyl (C=O) groups excluding carboxylic acids is 3. The van der Waals surface area contributed by atoms with Gasteiger partial charge in [0.05, 0.1) is 12.1 Å². The van der Waals surface area contributed by atoms with Crippen LogP contribution >= 0.6 is 15.9 Å². The van der Waals surface area contributed by atoms with Gasteiger partial charge in [0.15, 0.2) is 0 Å². The van der Waals surface area contributed by atoms with Crippen molar-refractivity contribution in [3.63, 3.8) is 0 Å². The lowest BCUT2D eigenvalue weighted by Crippen LogP contribution is -2.54. The van der Waals surface area contributed by atoms with Crippen molar-refractivity contribution in [3.05, 3.63) is 64.6 Å². The number of rotatable bonds is 6. The van der Waals surface area contributed by atoms with E-state index >= 15 is 0 Å². The zero-order valence-corrected chi connectivity index (χ0v) is 20.1. The highest BCUT2D eigenvalue weighted by molar-refractivity contribution is 9.10. The summed E-state index contributed by atoms with van der Waals surface area (Å²) in [5.41, 5.74) is 1.84. The van der Waals surface area contributed by atoms with E-state index in [1.165, 1.54) is 10.5 Å². The fourth-order valence-corrected chi connectivity index (χ4v) is 5.29. The van der Waals surface area contributed by atoms with Crippen molar-refractivity contribution < 1.29 is 14.4 Å². The normalized spacial score (nSPS) is 22.1. The van der Waals surface area contributed by atoms with Gasteiger partial charge in [0.25, 0.3) is 5.91 Å². The molecule has 1 aliphatic carbocycles. The Balaban J connectivity index is 1.31. The van der Waals surface area contributed by atoms with E-state index in [9.17, 15) is 14.4 Å². The first-order valence-electron chi connectivity index (χ1n) is 11.7. The van der Waals surface area contributed by atoms with Gasteiger partial charge in [-0.15, -0.1) is 0 Å². The number of hydrogen-bond donors (Lipinski definition) is 0. The Kier molecular flexibility index (Phi) is 6.34. The van der Waals surface area contributed by atoms with Crippen molar-refractivity contribution in [2.24, 2.45) is 5.92 Å². The fourth-order valence-electron chi connectivity index (χ4n) is 5.02. The summed E-state index contributed by atoms with van der Waals surface area (Å²) >= 11 is 3.39. The number of imide groups is 1. The lowest BCUT2D eigenvalue weighted by atomic mass is 9.99. The highest BCUT2D eigenvalue weighted by atomic mass is 79.9. The standard InChI is InChI=1S/C26H28BrN3O3/c27-20-8-10-21(11-9-20)30-24(31)16-23(26(30)33)29(25(32)19-6-7-19)22-12-14-28(15-13-22)17-18-4-2-1-3-5-18/h1-5,8-11,19,22-23H,6-7,12-17H2. The van der Waals surface area contributed by atoms with Crippen LogP contribution in [-0.4, -0.2) is 52.7 Å². The summed E-state index contributed by atoms with van der Waals surface area (Å²) in [5, 5.41) is 0. The minimum atomic E-state index is -0.695. The van der Waals surface area contributed by atoms with Crippen LogP contribution in [0.5, 0.6) is 0 Å². The molecule has 3 amide bonds. The molecule has 1 unspecified atom stereocenters. The van der Waals surface area contributed by atoms with Crippen molar-refractivity contribution >= 4 is 39.3 Å². The van der Waals surface area contributed by atoms with Gasteiger partial charge in [-0.05, 0) is 55.5 Å². The van der Waals surface area contributed by atoms with Gasteiger partial charge in [0.2, 0.25) is 11.8 Å². The monoisotopic (exact) mass is 509 g/mol. The second kappa shape index (κ2) is 9.39. The molecule has 0 N–H and O–H groups in total. The first kappa shape index (κ1) is 22.3. The van der Waals surface area contributed by atoms with Crippen molar-refractivity contribution in [1.29, 1.82) is 0 Å². The summed E-state index contributed by atoms with van der Waals surface area (Å²) in [6, 6.07) is 16.9. The van der Waals surface area contributed by atoms with Gasteiger partial charge in [-0.25, -0.2) is 4.90 Å².